The lowest BCUT2D eigenvalue weighted by molar-refractivity contribution is -0.129. The summed E-state index contributed by atoms with van der Waals surface area (Å²) in [6, 6.07) is 9.04. The molecule has 1 aliphatic rings. The van der Waals surface area contributed by atoms with Crippen molar-refractivity contribution >= 4 is 11.8 Å². The van der Waals surface area contributed by atoms with Crippen LogP contribution in [0.4, 0.5) is 0 Å². The van der Waals surface area contributed by atoms with Crippen molar-refractivity contribution in [2.45, 2.75) is 43.8 Å². The molecule has 1 heterocycles. The summed E-state index contributed by atoms with van der Waals surface area (Å²) in [5.41, 5.74) is 0.500. The van der Waals surface area contributed by atoms with Gasteiger partial charge in [0.1, 0.15) is 6.04 Å². The third kappa shape index (κ3) is 7.49. The molecule has 1 atom stereocenters. The number of carbonyl (C=O) groups excluding carboxylic acids is 2. The second kappa shape index (κ2) is 10.6. The number of nitrogens with zero attached hydrogens (tertiary/aromatic N) is 3. The first-order valence-electron chi connectivity index (χ1n) is 9.57. The average Bonchev–Trinajstić information content (AvgIpc) is 3.45. The molecule has 150 valence electrons. The summed E-state index contributed by atoms with van der Waals surface area (Å²) < 4.78 is 0. The minimum absolute atomic E-state index is 0.179. The van der Waals surface area contributed by atoms with Gasteiger partial charge in [-0.1, -0.05) is 30.3 Å². The Morgan fingerprint density at radius 1 is 1.21 bits per heavy atom. The minimum atomic E-state index is -0.619. The summed E-state index contributed by atoms with van der Waals surface area (Å²) in [7, 11) is 3.89. The molecule has 0 radical (unpaired) electrons. The third-order valence-corrected chi connectivity index (χ3v) is 4.60. The van der Waals surface area contributed by atoms with E-state index in [1.165, 1.54) is 0 Å². The smallest absolute Gasteiger partial charge is 0.242 e. The van der Waals surface area contributed by atoms with Crippen molar-refractivity contribution in [3.05, 3.63) is 35.9 Å². The predicted molar refractivity (Wildman–Crippen MR) is 109 cm³/mol. The fourth-order valence-electron chi connectivity index (χ4n) is 2.83. The van der Waals surface area contributed by atoms with Crippen molar-refractivity contribution in [2.24, 2.45) is 10.2 Å². The molecule has 7 nitrogen and oxygen atoms in total. The number of benzene rings is 1. The Labute approximate surface area is 167 Å². The van der Waals surface area contributed by atoms with Gasteiger partial charge in [-0.3, -0.25) is 9.59 Å². The van der Waals surface area contributed by atoms with Crippen molar-refractivity contribution in [1.29, 1.82) is 0 Å². The van der Waals surface area contributed by atoms with Gasteiger partial charge in [0.2, 0.25) is 11.8 Å². The van der Waals surface area contributed by atoms with Crippen molar-refractivity contribution in [3.63, 3.8) is 0 Å². The molecule has 7 heteroatoms. The zero-order valence-electron chi connectivity index (χ0n) is 16.6. The number of hydrogen-bond donors (Lipinski definition) is 2. The number of amides is 2. The van der Waals surface area contributed by atoms with Gasteiger partial charge in [0, 0.05) is 45.2 Å². The highest BCUT2D eigenvalue weighted by Crippen LogP contribution is 2.37. The molecule has 1 aromatic carbocycles. The quantitative estimate of drug-likeness (QED) is 0.539. The summed E-state index contributed by atoms with van der Waals surface area (Å²) >= 11 is 0. The Morgan fingerprint density at radius 3 is 2.54 bits per heavy atom. The largest absolute Gasteiger partial charge is 0.353 e. The molecule has 2 amide bonds. The Balaban J connectivity index is 1.89. The zero-order valence-corrected chi connectivity index (χ0v) is 16.6. The van der Waals surface area contributed by atoms with Crippen LogP contribution in [0.25, 0.3) is 0 Å². The van der Waals surface area contributed by atoms with Crippen molar-refractivity contribution in [3.8, 4) is 12.3 Å². The number of rotatable bonds is 12. The first-order chi connectivity index (χ1) is 13.4. The van der Waals surface area contributed by atoms with Crippen LogP contribution >= 0.6 is 0 Å². The van der Waals surface area contributed by atoms with E-state index in [9.17, 15) is 9.59 Å². The van der Waals surface area contributed by atoms with E-state index in [1.54, 1.807) is 0 Å². The topological polar surface area (TPSA) is 86.2 Å². The Kier molecular flexibility index (Phi) is 8.15. The Morgan fingerprint density at radius 2 is 1.93 bits per heavy atom. The summed E-state index contributed by atoms with van der Waals surface area (Å²) in [4.78, 5) is 27.1. The molecule has 0 bridgehead atoms. The highest BCUT2D eigenvalue weighted by molar-refractivity contribution is 5.87. The van der Waals surface area contributed by atoms with E-state index in [-0.39, 0.29) is 18.2 Å². The second-order valence-corrected chi connectivity index (χ2v) is 7.29. The first kappa shape index (κ1) is 21.6. The maximum atomic E-state index is 12.6. The van der Waals surface area contributed by atoms with E-state index in [2.05, 4.69) is 26.8 Å². The molecule has 28 heavy (non-hydrogen) atoms. The van der Waals surface area contributed by atoms with Crippen LogP contribution in [0.3, 0.4) is 0 Å². The fraction of sp³-hybridized carbons (Fsp3) is 0.524. The number of nitrogens with one attached hydrogen (secondary N) is 2. The van der Waals surface area contributed by atoms with Crippen LogP contribution in [-0.2, 0) is 16.0 Å². The molecule has 0 aliphatic carbocycles. The maximum absolute atomic E-state index is 12.6. The standard InChI is InChI=1S/C21H29N5O2/c1-4-5-12-21(24-25-21)13-11-19(27)23-18(16-17-9-7-6-8-10-17)20(28)22-14-15-26(2)3/h1,6-10,18H,5,11-16H2,2-3H3,(H,22,28)(H,23,27)/t18-/m0/s1. The van der Waals surface area contributed by atoms with E-state index < -0.39 is 11.7 Å². The van der Waals surface area contributed by atoms with Gasteiger partial charge in [0.05, 0.1) is 0 Å². The van der Waals surface area contributed by atoms with Gasteiger partial charge in [0.15, 0.2) is 5.66 Å². The summed E-state index contributed by atoms with van der Waals surface area (Å²) in [6.45, 7) is 1.26. The van der Waals surface area contributed by atoms with Crippen molar-refractivity contribution < 1.29 is 9.59 Å². The molecular weight excluding hydrogens is 354 g/mol. The van der Waals surface area contributed by atoms with Gasteiger partial charge in [-0.2, -0.15) is 10.2 Å². The number of terminal acetylenes is 1. The van der Waals surface area contributed by atoms with Gasteiger partial charge >= 0.3 is 0 Å². The lowest BCUT2D eigenvalue weighted by Crippen LogP contribution is -2.49. The van der Waals surface area contributed by atoms with E-state index in [1.807, 2.05) is 49.3 Å². The van der Waals surface area contributed by atoms with E-state index in [4.69, 9.17) is 6.42 Å². The highest BCUT2D eigenvalue weighted by atomic mass is 16.2. The normalized spacial score (nSPS) is 14.9. The van der Waals surface area contributed by atoms with Crippen molar-refractivity contribution in [2.75, 3.05) is 27.2 Å². The van der Waals surface area contributed by atoms with E-state index >= 15 is 0 Å². The lowest BCUT2D eigenvalue weighted by atomic mass is 10.0. The van der Waals surface area contributed by atoms with Crippen LogP contribution in [-0.4, -0.2) is 55.6 Å². The summed E-state index contributed by atoms with van der Waals surface area (Å²) in [6.07, 6.45) is 7.75. The molecule has 0 unspecified atom stereocenters. The molecule has 1 aromatic rings. The van der Waals surface area contributed by atoms with Gasteiger partial charge in [-0.25, -0.2) is 0 Å². The molecular formula is C21H29N5O2. The zero-order chi connectivity index (χ0) is 20.4. The monoisotopic (exact) mass is 383 g/mol. The predicted octanol–water partition coefficient (Wildman–Crippen LogP) is 1.75. The molecule has 0 fully saturated rings. The van der Waals surface area contributed by atoms with Crippen LogP contribution in [0.5, 0.6) is 0 Å². The molecule has 0 spiro atoms. The molecule has 0 aromatic heterocycles. The maximum Gasteiger partial charge on any atom is 0.242 e. The molecule has 2 rings (SSSR count). The highest BCUT2D eigenvalue weighted by Gasteiger charge is 2.39. The van der Waals surface area contributed by atoms with Crippen LogP contribution in [0.2, 0.25) is 0 Å². The van der Waals surface area contributed by atoms with E-state index in [0.29, 0.717) is 32.2 Å². The molecule has 0 saturated heterocycles. The first-order valence-corrected chi connectivity index (χ1v) is 9.57. The van der Waals surface area contributed by atoms with Crippen LogP contribution in [0.1, 0.15) is 31.2 Å². The lowest BCUT2D eigenvalue weighted by Gasteiger charge is -2.20. The summed E-state index contributed by atoms with van der Waals surface area (Å²) in [5.74, 6) is 2.22. The van der Waals surface area contributed by atoms with Crippen LogP contribution in [0, 0.1) is 12.3 Å². The fourth-order valence-corrected chi connectivity index (χ4v) is 2.83. The Bertz CT molecular complexity index is 718. The summed E-state index contributed by atoms with van der Waals surface area (Å²) in [5, 5.41) is 13.9. The third-order valence-electron chi connectivity index (χ3n) is 4.60. The van der Waals surface area contributed by atoms with Gasteiger partial charge in [0.25, 0.3) is 0 Å². The molecule has 0 saturated carbocycles. The minimum Gasteiger partial charge on any atom is -0.353 e. The van der Waals surface area contributed by atoms with Crippen molar-refractivity contribution in [1.82, 2.24) is 15.5 Å². The number of hydrogen-bond acceptors (Lipinski definition) is 5. The SMILES string of the molecule is C#CCCC1(CCC(=O)N[C@@H](Cc2ccccc2)C(=O)NCCN(C)C)N=N1. The van der Waals surface area contributed by atoms with Gasteiger partial charge in [-0.15, -0.1) is 12.3 Å². The Hall–Kier alpha value is -2.72. The van der Waals surface area contributed by atoms with E-state index in [0.717, 1.165) is 12.1 Å². The molecule has 2 N–H and O–H groups in total. The number of likely N-dealkylation sites (N-methyl/N-ethyl adjacent to an activating group) is 1. The van der Waals surface area contributed by atoms with Crippen LogP contribution in [0.15, 0.2) is 40.6 Å². The van der Waals surface area contributed by atoms with Crippen LogP contribution < -0.4 is 10.6 Å². The average molecular weight is 383 g/mol. The second-order valence-electron chi connectivity index (χ2n) is 7.29. The molecule has 1 aliphatic heterocycles. The van der Waals surface area contributed by atoms with Gasteiger partial charge < -0.3 is 15.5 Å². The van der Waals surface area contributed by atoms with Gasteiger partial charge in [-0.05, 0) is 19.7 Å². The number of carbonyl (C=O) groups is 2.